The minimum absolute atomic E-state index is 0.159. The zero-order valence-corrected chi connectivity index (χ0v) is 8.47. The maximum Gasteiger partial charge on any atom is 0.0184 e. The van der Waals surface area contributed by atoms with Crippen molar-refractivity contribution in [2.75, 3.05) is 0 Å². The van der Waals surface area contributed by atoms with E-state index in [1.54, 1.807) is 0 Å². The summed E-state index contributed by atoms with van der Waals surface area (Å²) < 4.78 is 0. The minimum Gasteiger partial charge on any atom is -0.328 e. The van der Waals surface area contributed by atoms with Gasteiger partial charge in [0.05, 0.1) is 0 Å². The Morgan fingerprint density at radius 3 is 2.00 bits per heavy atom. The third-order valence-electron chi connectivity index (χ3n) is 4.13. The summed E-state index contributed by atoms with van der Waals surface area (Å²) in [5, 5.41) is 0. The summed E-state index contributed by atoms with van der Waals surface area (Å²) in [6, 6.07) is 0.429. The lowest BCUT2D eigenvalue weighted by Gasteiger charge is -2.40. The molecule has 4 N–H and O–H groups in total. The van der Waals surface area contributed by atoms with Gasteiger partial charge in [0.2, 0.25) is 0 Å². The van der Waals surface area contributed by atoms with E-state index in [2.05, 4.69) is 0 Å². The first-order chi connectivity index (χ1) is 6.21. The Kier molecular flexibility index (Phi) is 2.61. The molecule has 2 heteroatoms. The van der Waals surface area contributed by atoms with Crippen LogP contribution in [-0.2, 0) is 0 Å². The number of nitrogens with two attached hydrogens (primary N) is 2. The fraction of sp³-hybridized carbons (Fsp3) is 1.00. The standard InChI is InChI=1S/C11H22N2/c12-10-5-7-11(13,8-6-10)9-3-1-2-4-9/h9-10H,1-8,12-13H2. The largest absolute Gasteiger partial charge is 0.328 e. The second-order valence-corrected chi connectivity index (χ2v) is 5.05. The predicted molar refractivity (Wildman–Crippen MR) is 55.3 cm³/mol. The zero-order chi connectivity index (χ0) is 9.31. The molecule has 2 fully saturated rings. The second kappa shape index (κ2) is 3.58. The van der Waals surface area contributed by atoms with E-state index >= 15 is 0 Å². The van der Waals surface area contributed by atoms with Gasteiger partial charge in [-0.05, 0) is 44.4 Å². The van der Waals surface area contributed by atoms with Crippen LogP contribution in [0.25, 0.3) is 0 Å². The molecule has 2 aliphatic rings. The van der Waals surface area contributed by atoms with E-state index in [4.69, 9.17) is 11.5 Å². The Morgan fingerprint density at radius 1 is 0.923 bits per heavy atom. The summed E-state index contributed by atoms with van der Waals surface area (Å²) in [4.78, 5) is 0. The molecule has 0 aromatic heterocycles. The average Bonchev–Trinajstić information content (AvgIpc) is 2.63. The smallest absolute Gasteiger partial charge is 0.0184 e. The monoisotopic (exact) mass is 182 g/mol. The van der Waals surface area contributed by atoms with Crippen LogP contribution in [0.5, 0.6) is 0 Å². The van der Waals surface area contributed by atoms with E-state index in [-0.39, 0.29) is 5.54 Å². The molecule has 13 heavy (non-hydrogen) atoms. The molecule has 0 saturated heterocycles. The Bertz CT molecular complexity index is 165. The van der Waals surface area contributed by atoms with Crippen LogP contribution in [0.2, 0.25) is 0 Å². The predicted octanol–water partition coefficient (Wildman–Crippen LogP) is 1.78. The minimum atomic E-state index is 0.159. The zero-order valence-electron chi connectivity index (χ0n) is 8.47. The van der Waals surface area contributed by atoms with Crippen LogP contribution in [0.4, 0.5) is 0 Å². The maximum absolute atomic E-state index is 6.47. The van der Waals surface area contributed by atoms with E-state index in [0.717, 1.165) is 18.8 Å². The third-order valence-corrected chi connectivity index (χ3v) is 4.13. The topological polar surface area (TPSA) is 52.0 Å². The number of rotatable bonds is 1. The molecule has 0 aromatic rings. The van der Waals surface area contributed by atoms with Crippen molar-refractivity contribution >= 4 is 0 Å². The van der Waals surface area contributed by atoms with Gasteiger partial charge >= 0.3 is 0 Å². The Balaban J connectivity index is 1.95. The van der Waals surface area contributed by atoms with Crippen LogP contribution in [0.15, 0.2) is 0 Å². The molecule has 0 aliphatic heterocycles. The molecule has 0 bridgehead atoms. The van der Waals surface area contributed by atoms with Crippen molar-refractivity contribution in [3.63, 3.8) is 0 Å². The van der Waals surface area contributed by atoms with Gasteiger partial charge in [-0.25, -0.2) is 0 Å². The van der Waals surface area contributed by atoms with Gasteiger partial charge in [0.1, 0.15) is 0 Å². The molecule has 0 spiro atoms. The van der Waals surface area contributed by atoms with Crippen LogP contribution < -0.4 is 11.5 Å². The first kappa shape index (κ1) is 9.47. The molecule has 2 saturated carbocycles. The van der Waals surface area contributed by atoms with Crippen LogP contribution in [0.3, 0.4) is 0 Å². The lowest BCUT2D eigenvalue weighted by molar-refractivity contribution is 0.186. The Hall–Kier alpha value is -0.0800. The first-order valence-corrected chi connectivity index (χ1v) is 5.75. The molecule has 0 heterocycles. The highest BCUT2D eigenvalue weighted by Crippen LogP contribution is 2.40. The highest BCUT2D eigenvalue weighted by atomic mass is 14.8. The molecule has 0 amide bonds. The van der Waals surface area contributed by atoms with Gasteiger partial charge in [-0.3, -0.25) is 0 Å². The van der Waals surface area contributed by atoms with Gasteiger partial charge in [0, 0.05) is 11.6 Å². The highest BCUT2D eigenvalue weighted by molar-refractivity contribution is 4.97. The number of hydrogen-bond acceptors (Lipinski definition) is 2. The Morgan fingerprint density at radius 2 is 1.46 bits per heavy atom. The normalized spacial score (nSPS) is 42.5. The highest BCUT2D eigenvalue weighted by Gasteiger charge is 2.38. The molecule has 76 valence electrons. The van der Waals surface area contributed by atoms with Crippen molar-refractivity contribution < 1.29 is 0 Å². The van der Waals surface area contributed by atoms with E-state index in [1.165, 1.54) is 38.5 Å². The molecule has 0 unspecified atom stereocenters. The lowest BCUT2D eigenvalue weighted by atomic mass is 9.71. The SMILES string of the molecule is NC1CCC(N)(C2CCCC2)CC1. The van der Waals surface area contributed by atoms with E-state index < -0.39 is 0 Å². The quantitative estimate of drug-likeness (QED) is 0.649. The van der Waals surface area contributed by atoms with Gasteiger partial charge in [-0.15, -0.1) is 0 Å². The van der Waals surface area contributed by atoms with Crippen LogP contribution >= 0.6 is 0 Å². The molecule has 2 rings (SSSR count). The maximum atomic E-state index is 6.47. The fourth-order valence-electron chi connectivity index (χ4n) is 3.09. The molecule has 0 atom stereocenters. The average molecular weight is 182 g/mol. The van der Waals surface area contributed by atoms with Crippen LogP contribution in [0, 0.1) is 5.92 Å². The second-order valence-electron chi connectivity index (χ2n) is 5.05. The van der Waals surface area contributed by atoms with E-state index in [1.807, 2.05) is 0 Å². The number of hydrogen-bond donors (Lipinski definition) is 2. The van der Waals surface area contributed by atoms with Gasteiger partial charge in [-0.1, -0.05) is 12.8 Å². The third kappa shape index (κ3) is 1.89. The van der Waals surface area contributed by atoms with Crippen molar-refractivity contribution in [1.82, 2.24) is 0 Å². The van der Waals surface area contributed by atoms with Crippen molar-refractivity contribution in [2.45, 2.75) is 62.9 Å². The summed E-state index contributed by atoms with van der Waals surface area (Å²) in [5.74, 6) is 0.806. The summed E-state index contributed by atoms with van der Waals surface area (Å²) in [5.41, 5.74) is 12.5. The van der Waals surface area contributed by atoms with Crippen molar-refractivity contribution in [3.8, 4) is 0 Å². The summed E-state index contributed by atoms with van der Waals surface area (Å²) >= 11 is 0. The van der Waals surface area contributed by atoms with Gasteiger partial charge < -0.3 is 11.5 Å². The van der Waals surface area contributed by atoms with E-state index in [0.29, 0.717) is 6.04 Å². The van der Waals surface area contributed by atoms with Crippen LogP contribution in [-0.4, -0.2) is 11.6 Å². The molecule has 0 radical (unpaired) electrons. The Labute approximate surface area is 81.1 Å². The van der Waals surface area contributed by atoms with Crippen molar-refractivity contribution in [1.29, 1.82) is 0 Å². The summed E-state index contributed by atoms with van der Waals surface area (Å²) in [6.45, 7) is 0. The molecular weight excluding hydrogens is 160 g/mol. The lowest BCUT2D eigenvalue weighted by Crippen LogP contribution is -2.50. The fourth-order valence-corrected chi connectivity index (χ4v) is 3.09. The molecular formula is C11H22N2. The van der Waals surface area contributed by atoms with Gasteiger partial charge in [0.15, 0.2) is 0 Å². The van der Waals surface area contributed by atoms with Gasteiger partial charge in [-0.2, -0.15) is 0 Å². The first-order valence-electron chi connectivity index (χ1n) is 5.75. The summed E-state index contributed by atoms with van der Waals surface area (Å²) in [7, 11) is 0. The molecule has 0 aromatic carbocycles. The van der Waals surface area contributed by atoms with Crippen molar-refractivity contribution in [3.05, 3.63) is 0 Å². The summed E-state index contributed by atoms with van der Waals surface area (Å²) in [6.07, 6.45) is 10.2. The van der Waals surface area contributed by atoms with Crippen LogP contribution in [0.1, 0.15) is 51.4 Å². The molecule has 2 aliphatic carbocycles. The van der Waals surface area contributed by atoms with Gasteiger partial charge in [0.25, 0.3) is 0 Å². The van der Waals surface area contributed by atoms with E-state index in [9.17, 15) is 0 Å². The van der Waals surface area contributed by atoms with Crippen molar-refractivity contribution in [2.24, 2.45) is 17.4 Å². The molecule has 2 nitrogen and oxygen atoms in total.